The van der Waals surface area contributed by atoms with Crippen molar-refractivity contribution in [2.45, 2.75) is 40.7 Å². The van der Waals surface area contributed by atoms with Crippen LogP contribution in [0.2, 0.25) is 0 Å². The van der Waals surface area contributed by atoms with Crippen molar-refractivity contribution >= 4 is 49.8 Å². The number of carbonyl (C=O) groups is 2. The number of rotatable bonds is 5. The maximum absolute atomic E-state index is 13.7. The molecule has 0 spiro atoms. The summed E-state index contributed by atoms with van der Waals surface area (Å²) in [6, 6.07) is 14.2. The van der Waals surface area contributed by atoms with Crippen LogP contribution in [-0.4, -0.2) is 37.8 Å². The first kappa shape index (κ1) is 25.8. The monoisotopic (exact) mass is 552 g/mol. The highest BCUT2D eigenvalue weighted by Gasteiger charge is 2.48. The molecular weight excluding hydrogens is 524 g/mol. The van der Waals surface area contributed by atoms with E-state index in [1.165, 1.54) is 16.2 Å². The number of thiazole rings is 1. The molecule has 1 saturated heterocycles. The second-order valence-corrected chi connectivity index (χ2v) is 11.0. The number of ketones is 1. The summed E-state index contributed by atoms with van der Waals surface area (Å²) in [6.45, 7) is 10.1. The molecule has 0 aliphatic carbocycles. The van der Waals surface area contributed by atoms with Gasteiger partial charge in [-0.25, -0.2) is 9.97 Å². The van der Waals surface area contributed by atoms with Gasteiger partial charge in [0.05, 0.1) is 34.1 Å². The smallest absolute Gasteiger partial charge is 0.301 e. The number of hydrogen-bond donors (Lipinski definition) is 1. The number of anilines is 1. The number of benzene rings is 2. The number of pyridine rings is 1. The Hall–Kier alpha value is -4.50. The zero-order valence-corrected chi connectivity index (χ0v) is 23.7. The average Bonchev–Trinajstić information content (AvgIpc) is 3.57. The van der Waals surface area contributed by atoms with Gasteiger partial charge in [-0.3, -0.25) is 14.5 Å². The van der Waals surface area contributed by atoms with E-state index < -0.39 is 17.7 Å². The Morgan fingerprint density at radius 3 is 2.58 bits per heavy atom. The van der Waals surface area contributed by atoms with E-state index in [9.17, 15) is 14.7 Å². The Morgan fingerprint density at radius 1 is 1.02 bits per heavy atom. The quantitative estimate of drug-likeness (QED) is 0.158. The third-order valence-corrected chi connectivity index (χ3v) is 8.26. The minimum Gasteiger partial charge on any atom is -0.505 e. The molecule has 2 aromatic carbocycles. The Morgan fingerprint density at radius 2 is 1.82 bits per heavy atom. The number of Topliss-reactive ketones (excluding diaryl/α,β-unsaturated/α-hetero) is 1. The lowest BCUT2D eigenvalue weighted by Gasteiger charge is -2.23. The SMILES string of the molecule is CCOc1cccc(C2C(=C(O)c3nc4c(C)cccn4c3C)C(=O)C(=O)N2c2nc3c(C)cc(C)cc3s2)c1. The third-order valence-electron chi connectivity index (χ3n) is 7.26. The van der Waals surface area contributed by atoms with E-state index in [0.29, 0.717) is 34.4 Å². The lowest BCUT2D eigenvalue weighted by molar-refractivity contribution is -0.132. The van der Waals surface area contributed by atoms with Gasteiger partial charge in [0.15, 0.2) is 10.9 Å². The van der Waals surface area contributed by atoms with Crippen LogP contribution < -0.4 is 9.64 Å². The molecular formula is C31H28N4O4S. The van der Waals surface area contributed by atoms with Crippen LogP contribution in [0.5, 0.6) is 5.75 Å². The molecule has 3 aromatic heterocycles. The van der Waals surface area contributed by atoms with E-state index >= 15 is 0 Å². The van der Waals surface area contributed by atoms with Crippen molar-refractivity contribution in [3.05, 3.63) is 93.9 Å². The summed E-state index contributed by atoms with van der Waals surface area (Å²) in [6.07, 6.45) is 1.86. The Balaban J connectivity index is 1.61. The van der Waals surface area contributed by atoms with Crippen LogP contribution in [0.3, 0.4) is 0 Å². The number of imidazole rings is 1. The van der Waals surface area contributed by atoms with Crippen LogP contribution in [0.4, 0.5) is 5.13 Å². The standard InChI is InChI=1S/C31H28N4O4S/c1-6-39-21-11-7-10-20(15-21)26-23(27(36)25-19(5)34-12-8-9-17(3)29(34)32-25)28(37)30(38)35(26)31-33-24-18(4)13-16(2)14-22(24)40-31/h7-15,26,36H,6H2,1-5H3. The summed E-state index contributed by atoms with van der Waals surface area (Å²) < 4.78 is 8.52. The molecule has 1 fully saturated rings. The first-order chi connectivity index (χ1) is 19.2. The first-order valence-corrected chi connectivity index (χ1v) is 13.9. The number of hydrogen-bond acceptors (Lipinski definition) is 7. The highest BCUT2D eigenvalue weighted by molar-refractivity contribution is 7.22. The van der Waals surface area contributed by atoms with Gasteiger partial charge in [-0.05, 0) is 81.1 Å². The summed E-state index contributed by atoms with van der Waals surface area (Å²) in [7, 11) is 0. The topological polar surface area (TPSA) is 97.0 Å². The summed E-state index contributed by atoms with van der Waals surface area (Å²) in [4.78, 5) is 38.3. The van der Waals surface area contributed by atoms with Crippen LogP contribution in [0.25, 0.3) is 21.6 Å². The van der Waals surface area contributed by atoms with Crippen LogP contribution >= 0.6 is 11.3 Å². The van der Waals surface area contributed by atoms with Crippen molar-refractivity contribution in [1.82, 2.24) is 14.4 Å². The lowest BCUT2D eigenvalue weighted by Crippen LogP contribution is -2.29. The average molecular weight is 553 g/mol. The fourth-order valence-electron chi connectivity index (χ4n) is 5.42. The van der Waals surface area contributed by atoms with E-state index in [1.54, 1.807) is 6.07 Å². The van der Waals surface area contributed by atoms with E-state index in [1.807, 2.05) is 87.7 Å². The van der Waals surface area contributed by atoms with Crippen molar-refractivity contribution in [3.63, 3.8) is 0 Å². The summed E-state index contributed by atoms with van der Waals surface area (Å²) in [5.41, 5.74) is 5.95. The van der Waals surface area contributed by atoms with Gasteiger partial charge in [-0.2, -0.15) is 0 Å². The predicted molar refractivity (Wildman–Crippen MR) is 156 cm³/mol. The molecule has 0 bridgehead atoms. The predicted octanol–water partition coefficient (Wildman–Crippen LogP) is 6.20. The number of amides is 1. The second-order valence-electron chi connectivity index (χ2n) is 10.0. The number of ether oxygens (including phenoxy) is 1. The molecule has 4 heterocycles. The molecule has 0 radical (unpaired) electrons. The molecule has 0 saturated carbocycles. The van der Waals surface area contributed by atoms with Gasteiger partial charge < -0.3 is 14.2 Å². The normalized spacial score (nSPS) is 16.9. The van der Waals surface area contributed by atoms with E-state index in [4.69, 9.17) is 9.72 Å². The zero-order chi connectivity index (χ0) is 28.3. The number of aromatic nitrogens is 3. The third kappa shape index (κ3) is 3.96. The summed E-state index contributed by atoms with van der Waals surface area (Å²) in [5, 5.41) is 12.1. The maximum atomic E-state index is 13.7. The van der Waals surface area contributed by atoms with E-state index in [-0.39, 0.29) is 17.0 Å². The number of carbonyl (C=O) groups excluding carboxylic acids is 2. The van der Waals surface area contributed by atoms with Crippen molar-refractivity contribution in [1.29, 1.82) is 0 Å². The fraction of sp³-hybridized carbons (Fsp3) is 0.226. The van der Waals surface area contributed by atoms with Crippen LogP contribution in [0, 0.1) is 27.7 Å². The molecule has 1 atom stereocenters. The van der Waals surface area contributed by atoms with Crippen molar-refractivity contribution < 1.29 is 19.4 Å². The maximum Gasteiger partial charge on any atom is 0.301 e. The van der Waals surface area contributed by atoms with Crippen molar-refractivity contribution in [3.8, 4) is 5.75 Å². The minimum absolute atomic E-state index is 0.0324. The van der Waals surface area contributed by atoms with Gasteiger partial charge in [-0.1, -0.05) is 35.6 Å². The molecule has 5 aromatic rings. The van der Waals surface area contributed by atoms with E-state index in [2.05, 4.69) is 4.98 Å². The number of fused-ring (bicyclic) bond motifs is 2. The molecule has 202 valence electrons. The number of aliphatic hydroxyl groups excluding tert-OH is 1. The van der Waals surface area contributed by atoms with E-state index in [0.717, 1.165) is 26.9 Å². The minimum atomic E-state index is -0.923. The molecule has 8 nitrogen and oxygen atoms in total. The summed E-state index contributed by atoms with van der Waals surface area (Å²) in [5.74, 6) is -1.26. The number of aliphatic hydroxyl groups is 1. The molecule has 1 amide bonds. The second kappa shape index (κ2) is 9.60. The Kier molecular flexibility index (Phi) is 6.18. The highest BCUT2D eigenvalue weighted by Crippen LogP contribution is 2.45. The molecule has 1 aliphatic rings. The zero-order valence-electron chi connectivity index (χ0n) is 22.8. The van der Waals surface area contributed by atoms with Crippen molar-refractivity contribution in [2.24, 2.45) is 0 Å². The fourth-order valence-corrected chi connectivity index (χ4v) is 6.59. The molecule has 1 N–H and O–H groups in total. The first-order valence-electron chi connectivity index (χ1n) is 13.1. The van der Waals surface area contributed by atoms with Gasteiger partial charge in [0.25, 0.3) is 5.78 Å². The van der Waals surface area contributed by atoms with Crippen molar-refractivity contribution in [2.75, 3.05) is 11.5 Å². The van der Waals surface area contributed by atoms with Gasteiger partial charge in [0.1, 0.15) is 17.1 Å². The largest absolute Gasteiger partial charge is 0.505 e. The number of aryl methyl sites for hydroxylation is 4. The highest BCUT2D eigenvalue weighted by atomic mass is 32.1. The molecule has 40 heavy (non-hydrogen) atoms. The Bertz CT molecular complexity index is 1880. The van der Waals surface area contributed by atoms with Gasteiger partial charge >= 0.3 is 5.91 Å². The molecule has 9 heteroatoms. The van der Waals surface area contributed by atoms with Crippen LogP contribution in [-0.2, 0) is 9.59 Å². The van der Waals surface area contributed by atoms with Gasteiger partial charge in [0.2, 0.25) is 0 Å². The number of nitrogens with zero attached hydrogens (tertiary/aromatic N) is 4. The van der Waals surface area contributed by atoms with Gasteiger partial charge in [-0.15, -0.1) is 0 Å². The molecule has 1 aliphatic heterocycles. The van der Waals surface area contributed by atoms with Crippen LogP contribution in [0.15, 0.2) is 60.3 Å². The molecule has 6 rings (SSSR count). The lowest BCUT2D eigenvalue weighted by atomic mass is 9.96. The Labute approximate surface area is 235 Å². The summed E-state index contributed by atoms with van der Waals surface area (Å²) >= 11 is 1.35. The van der Waals surface area contributed by atoms with Gasteiger partial charge in [0, 0.05) is 6.20 Å². The van der Waals surface area contributed by atoms with Crippen LogP contribution in [0.1, 0.15) is 46.6 Å². The molecule has 1 unspecified atom stereocenters.